The molecule has 0 spiro atoms. The summed E-state index contributed by atoms with van der Waals surface area (Å²) in [7, 11) is 0. The molecular weight excluding hydrogens is 324 g/mol. The molecule has 0 N–H and O–H groups in total. The van der Waals surface area contributed by atoms with Crippen molar-refractivity contribution in [3.63, 3.8) is 0 Å². The number of hydrogen-bond acceptors (Lipinski definition) is 4. The normalized spacial score (nSPS) is 25.1. The molecular formula is C22H24N2O2. The second-order valence-electron chi connectivity index (χ2n) is 7.10. The van der Waals surface area contributed by atoms with E-state index in [1.165, 1.54) is 0 Å². The smallest absolute Gasteiger partial charge is 0.357 e. The van der Waals surface area contributed by atoms with Gasteiger partial charge in [-0.1, -0.05) is 60.7 Å². The number of carbonyl (C=O) groups is 1. The van der Waals surface area contributed by atoms with Crippen molar-refractivity contribution in [3.8, 4) is 0 Å². The molecule has 4 heteroatoms. The summed E-state index contributed by atoms with van der Waals surface area (Å²) in [5.74, 6) is 0.195. The molecule has 0 amide bonds. The summed E-state index contributed by atoms with van der Waals surface area (Å²) in [5, 5.41) is 0. The summed E-state index contributed by atoms with van der Waals surface area (Å²) >= 11 is 0. The largest absolute Gasteiger partial charge is 0.456 e. The molecule has 3 saturated heterocycles. The van der Waals surface area contributed by atoms with Crippen LogP contribution in [0.4, 0.5) is 0 Å². The minimum absolute atomic E-state index is 0.00404. The number of piperidine rings is 3. The zero-order valence-electron chi connectivity index (χ0n) is 14.9. The third-order valence-corrected chi connectivity index (χ3v) is 5.36. The Kier molecular flexibility index (Phi) is 5.12. The molecule has 3 aliphatic heterocycles. The lowest BCUT2D eigenvalue weighted by Gasteiger charge is -2.43. The van der Waals surface area contributed by atoms with Gasteiger partial charge in [0, 0.05) is 12.1 Å². The van der Waals surface area contributed by atoms with Crippen LogP contribution in [0.5, 0.6) is 0 Å². The van der Waals surface area contributed by atoms with Gasteiger partial charge in [-0.3, -0.25) is 9.89 Å². The Morgan fingerprint density at radius 3 is 2.27 bits per heavy atom. The van der Waals surface area contributed by atoms with Crippen LogP contribution in [0.25, 0.3) is 0 Å². The van der Waals surface area contributed by atoms with Crippen LogP contribution in [-0.2, 0) is 16.1 Å². The van der Waals surface area contributed by atoms with Crippen molar-refractivity contribution in [2.45, 2.75) is 25.5 Å². The molecule has 0 unspecified atom stereocenters. The number of carbonyl (C=O) groups excluding carboxylic acids is 1. The highest BCUT2D eigenvalue weighted by atomic mass is 16.5. The molecule has 4 nitrogen and oxygen atoms in total. The van der Waals surface area contributed by atoms with Crippen LogP contribution in [0.2, 0.25) is 0 Å². The SMILES string of the molecule is O=C(O[C@H]1CN2CCC1CC2)C(=NCc1ccccc1)c1ccccc1. The van der Waals surface area contributed by atoms with Crippen molar-refractivity contribution < 1.29 is 9.53 Å². The summed E-state index contributed by atoms with van der Waals surface area (Å²) in [4.78, 5) is 19.9. The molecule has 0 saturated carbocycles. The van der Waals surface area contributed by atoms with E-state index in [1.807, 2.05) is 60.7 Å². The molecule has 0 aliphatic carbocycles. The van der Waals surface area contributed by atoms with Gasteiger partial charge in [0.25, 0.3) is 0 Å². The van der Waals surface area contributed by atoms with Gasteiger partial charge in [-0.2, -0.15) is 0 Å². The number of aliphatic imine (C=N–C) groups is 1. The van der Waals surface area contributed by atoms with Crippen LogP contribution in [0.1, 0.15) is 24.0 Å². The standard InChI is InChI=1S/C22H24N2O2/c25-22(26-20-16-24-13-11-18(20)12-14-24)21(19-9-5-2-6-10-19)23-15-17-7-3-1-4-8-17/h1-10,18,20H,11-16H2/t20-/m0/s1. The van der Waals surface area contributed by atoms with Crippen molar-refractivity contribution in [1.82, 2.24) is 4.90 Å². The van der Waals surface area contributed by atoms with E-state index in [4.69, 9.17) is 4.74 Å². The van der Waals surface area contributed by atoms with Gasteiger partial charge in [-0.05, 0) is 37.4 Å². The van der Waals surface area contributed by atoms with Crippen LogP contribution in [-0.4, -0.2) is 42.3 Å². The molecule has 3 heterocycles. The van der Waals surface area contributed by atoms with Crippen molar-refractivity contribution >= 4 is 11.7 Å². The van der Waals surface area contributed by atoms with Crippen LogP contribution in [0.3, 0.4) is 0 Å². The van der Waals surface area contributed by atoms with E-state index in [-0.39, 0.29) is 12.1 Å². The number of ether oxygens (including phenoxy) is 1. The highest BCUT2D eigenvalue weighted by Crippen LogP contribution is 2.29. The minimum Gasteiger partial charge on any atom is -0.456 e. The number of rotatable bonds is 5. The van der Waals surface area contributed by atoms with Crippen molar-refractivity contribution in [2.24, 2.45) is 10.9 Å². The molecule has 0 radical (unpaired) electrons. The second-order valence-corrected chi connectivity index (χ2v) is 7.10. The maximum Gasteiger partial charge on any atom is 0.357 e. The monoisotopic (exact) mass is 348 g/mol. The van der Waals surface area contributed by atoms with E-state index < -0.39 is 0 Å². The first-order chi connectivity index (χ1) is 12.8. The second kappa shape index (κ2) is 7.83. The maximum atomic E-state index is 12.9. The van der Waals surface area contributed by atoms with E-state index in [2.05, 4.69) is 9.89 Å². The van der Waals surface area contributed by atoms with Crippen LogP contribution >= 0.6 is 0 Å². The molecule has 2 aromatic carbocycles. The van der Waals surface area contributed by atoms with Gasteiger partial charge in [0.05, 0.1) is 6.54 Å². The fraction of sp³-hybridized carbons (Fsp3) is 0.364. The summed E-state index contributed by atoms with van der Waals surface area (Å²) in [6.45, 7) is 3.59. The lowest BCUT2D eigenvalue weighted by molar-refractivity contribution is -0.150. The number of benzene rings is 2. The Labute approximate surface area is 154 Å². The first kappa shape index (κ1) is 17.0. The number of fused-ring (bicyclic) bond motifs is 3. The average Bonchev–Trinajstić information content (AvgIpc) is 2.71. The summed E-state index contributed by atoms with van der Waals surface area (Å²) in [5.41, 5.74) is 2.32. The fourth-order valence-corrected chi connectivity index (χ4v) is 3.86. The quantitative estimate of drug-likeness (QED) is 0.615. The van der Waals surface area contributed by atoms with E-state index in [9.17, 15) is 4.79 Å². The molecule has 5 rings (SSSR count). The lowest BCUT2D eigenvalue weighted by atomic mass is 9.86. The Morgan fingerprint density at radius 1 is 1.00 bits per heavy atom. The van der Waals surface area contributed by atoms with Gasteiger partial charge in [0.2, 0.25) is 0 Å². The van der Waals surface area contributed by atoms with Crippen molar-refractivity contribution in [1.29, 1.82) is 0 Å². The third-order valence-electron chi connectivity index (χ3n) is 5.36. The molecule has 2 aromatic rings. The summed E-state index contributed by atoms with van der Waals surface area (Å²) in [6, 6.07) is 19.6. The van der Waals surface area contributed by atoms with Gasteiger partial charge >= 0.3 is 5.97 Å². The molecule has 0 aromatic heterocycles. The fourth-order valence-electron chi connectivity index (χ4n) is 3.86. The Hall–Kier alpha value is -2.46. The van der Waals surface area contributed by atoms with Gasteiger partial charge in [0.15, 0.2) is 5.71 Å². The summed E-state index contributed by atoms with van der Waals surface area (Å²) < 4.78 is 5.92. The minimum atomic E-state index is -0.300. The molecule has 134 valence electrons. The zero-order chi connectivity index (χ0) is 17.8. The van der Waals surface area contributed by atoms with Gasteiger partial charge in [-0.15, -0.1) is 0 Å². The van der Waals surface area contributed by atoms with Crippen molar-refractivity contribution in [3.05, 3.63) is 71.8 Å². The average molecular weight is 348 g/mol. The predicted molar refractivity (Wildman–Crippen MR) is 102 cm³/mol. The van der Waals surface area contributed by atoms with Crippen molar-refractivity contribution in [2.75, 3.05) is 19.6 Å². The molecule has 3 aliphatic rings. The van der Waals surface area contributed by atoms with E-state index in [0.717, 1.165) is 43.6 Å². The first-order valence-electron chi connectivity index (χ1n) is 9.37. The number of nitrogens with zero attached hydrogens (tertiary/aromatic N) is 2. The molecule has 26 heavy (non-hydrogen) atoms. The van der Waals surface area contributed by atoms with Gasteiger partial charge in [-0.25, -0.2) is 4.79 Å². The molecule has 3 fully saturated rings. The van der Waals surface area contributed by atoms with E-state index in [1.54, 1.807) is 0 Å². The topological polar surface area (TPSA) is 41.9 Å². The third kappa shape index (κ3) is 3.86. The summed E-state index contributed by atoms with van der Waals surface area (Å²) in [6.07, 6.45) is 2.25. The van der Waals surface area contributed by atoms with Gasteiger partial charge < -0.3 is 4.74 Å². The Morgan fingerprint density at radius 2 is 1.65 bits per heavy atom. The molecule has 2 bridgehead atoms. The van der Waals surface area contributed by atoms with Crippen LogP contribution in [0.15, 0.2) is 65.7 Å². The maximum absolute atomic E-state index is 12.9. The van der Waals surface area contributed by atoms with Gasteiger partial charge in [0.1, 0.15) is 6.10 Å². The number of hydrogen-bond donors (Lipinski definition) is 0. The highest BCUT2D eigenvalue weighted by Gasteiger charge is 2.37. The zero-order valence-corrected chi connectivity index (χ0v) is 14.9. The van der Waals surface area contributed by atoms with Crippen LogP contribution < -0.4 is 0 Å². The Balaban J connectivity index is 1.53. The van der Waals surface area contributed by atoms with Crippen LogP contribution in [0, 0.1) is 5.92 Å². The van der Waals surface area contributed by atoms with E-state index in [0.29, 0.717) is 18.2 Å². The first-order valence-corrected chi connectivity index (χ1v) is 9.37. The lowest BCUT2D eigenvalue weighted by Crippen LogP contribution is -2.52. The van der Waals surface area contributed by atoms with E-state index >= 15 is 0 Å². The Bertz CT molecular complexity index is 765. The predicted octanol–water partition coefficient (Wildman–Crippen LogP) is 3.31. The number of esters is 1. The highest BCUT2D eigenvalue weighted by molar-refractivity contribution is 6.43. The molecule has 1 atom stereocenters.